The van der Waals surface area contributed by atoms with Crippen LogP contribution in [0.2, 0.25) is 0 Å². The standard InChI is InChI=1S/C40H54BN6O8/c1-37(2,34(50)45-39(5,6)36(52)47-40(7,8)35(51)46-38(3,4)33(49)43-25-30(42)48)44-24-28-22-16-17-23-29(28)41(53-9)54-31(26-18-12-10-13-19-26)32(55-41)27-20-14-11-15-21-27/h10-23,31-32,44H,24-25H2,1-9H3,(H2,42,48)(H,43,49)(H,45,50)(H,46,51)(H,47,52)/q-1/p+1/t31-,32-/m1/s1. The van der Waals surface area contributed by atoms with Gasteiger partial charge in [0.15, 0.2) is 5.54 Å². The molecule has 0 spiro atoms. The minimum Gasteiger partial charge on any atom is -0.543 e. The van der Waals surface area contributed by atoms with E-state index in [2.05, 4.69) is 21.3 Å². The largest absolute Gasteiger partial charge is 0.543 e. The van der Waals surface area contributed by atoms with Crippen LogP contribution in [0.4, 0.5) is 0 Å². The molecule has 0 unspecified atom stereocenters. The van der Waals surface area contributed by atoms with Crippen molar-refractivity contribution in [3.8, 4) is 0 Å². The second-order valence-corrected chi connectivity index (χ2v) is 16.0. The topological polar surface area (TPSA) is 204 Å². The summed E-state index contributed by atoms with van der Waals surface area (Å²) in [5.74, 6) is -3.08. The third-order valence-electron chi connectivity index (χ3n) is 9.75. The zero-order valence-electron chi connectivity index (χ0n) is 33.1. The van der Waals surface area contributed by atoms with E-state index in [0.717, 1.165) is 16.7 Å². The zero-order chi connectivity index (χ0) is 40.8. The predicted octanol–water partition coefficient (Wildman–Crippen LogP) is 1.14. The van der Waals surface area contributed by atoms with Crippen molar-refractivity contribution in [1.29, 1.82) is 0 Å². The fourth-order valence-electron chi connectivity index (χ4n) is 6.14. The van der Waals surface area contributed by atoms with Crippen molar-refractivity contribution >= 4 is 41.8 Å². The Balaban J connectivity index is 1.46. The number of nitrogens with two attached hydrogens (primary N) is 2. The lowest BCUT2D eigenvalue weighted by atomic mass is 9.67. The maximum Gasteiger partial charge on any atom is 0.410 e. The first kappa shape index (κ1) is 42.7. The van der Waals surface area contributed by atoms with Crippen LogP contribution < -0.4 is 37.8 Å². The molecule has 1 aliphatic heterocycles. The number of amides is 5. The van der Waals surface area contributed by atoms with Crippen molar-refractivity contribution in [2.75, 3.05) is 13.7 Å². The SMILES string of the molecule is CO[B-]1(c2ccccc2C[NH2+]C(C)(C)C(=O)NC(C)(C)C(=O)NC(C)(C)C(=O)NC(C)(C)C(=O)NCC(N)=O)O[C@H](c2ccccc2)[C@@H](c2ccccc2)O1. The van der Waals surface area contributed by atoms with Gasteiger partial charge in [-0.25, -0.2) is 0 Å². The number of carbonyl (C=O) groups is 5. The van der Waals surface area contributed by atoms with Crippen molar-refractivity contribution in [1.82, 2.24) is 21.3 Å². The van der Waals surface area contributed by atoms with Crippen LogP contribution in [0.5, 0.6) is 0 Å². The highest BCUT2D eigenvalue weighted by atomic mass is 16.8. The summed E-state index contributed by atoms with van der Waals surface area (Å²) in [6.07, 6.45) is -0.905. The number of quaternary nitrogens is 1. The van der Waals surface area contributed by atoms with Crippen LogP contribution in [0.1, 0.15) is 84.3 Å². The van der Waals surface area contributed by atoms with Crippen molar-refractivity contribution in [2.24, 2.45) is 5.73 Å². The van der Waals surface area contributed by atoms with Crippen LogP contribution in [-0.2, 0) is 44.5 Å². The van der Waals surface area contributed by atoms with Gasteiger partial charge in [-0.2, -0.15) is 0 Å². The van der Waals surface area contributed by atoms with Crippen LogP contribution >= 0.6 is 0 Å². The Morgan fingerprint density at radius 2 is 1.07 bits per heavy atom. The second kappa shape index (κ2) is 16.7. The Hall–Kier alpha value is -5.09. The number of benzene rings is 3. The van der Waals surface area contributed by atoms with Crippen LogP contribution in [0.3, 0.4) is 0 Å². The van der Waals surface area contributed by atoms with Crippen LogP contribution in [0.25, 0.3) is 0 Å². The van der Waals surface area contributed by atoms with Gasteiger partial charge in [0.2, 0.25) is 23.6 Å². The van der Waals surface area contributed by atoms with E-state index in [1.54, 1.807) is 21.0 Å². The van der Waals surface area contributed by atoms with E-state index in [1.807, 2.05) is 90.2 Å². The molecule has 0 radical (unpaired) electrons. The molecule has 15 heteroatoms. The predicted molar refractivity (Wildman–Crippen MR) is 208 cm³/mol. The number of carbonyl (C=O) groups excluding carboxylic acids is 5. The maximum absolute atomic E-state index is 13.8. The second-order valence-electron chi connectivity index (χ2n) is 16.0. The molecule has 0 bridgehead atoms. The van der Waals surface area contributed by atoms with Crippen molar-refractivity contribution in [2.45, 2.75) is 96.3 Å². The molecule has 3 aromatic carbocycles. The molecule has 0 aliphatic carbocycles. The Labute approximate surface area is 323 Å². The van der Waals surface area contributed by atoms with Gasteiger partial charge in [0, 0.05) is 0 Å². The molecular weight excluding hydrogens is 703 g/mol. The monoisotopic (exact) mass is 758 g/mol. The van der Waals surface area contributed by atoms with E-state index in [-0.39, 0.29) is 0 Å². The third-order valence-corrected chi connectivity index (χ3v) is 9.75. The van der Waals surface area contributed by atoms with E-state index in [9.17, 15) is 24.0 Å². The van der Waals surface area contributed by atoms with Gasteiger partial charge in [0.25, 0.3) is 5.91 Å². The summed E-state index contributed by atoms with van der Waals surface area (Å²) >= 11 is 0. The lowest BCUT2D eigenvalue weighted by molar-refractivity contribution is -0.720. The summed E-state index contributed by atoms with van der Waals surface area (Å²) in [4.78, 5) is 64.2. The summed E-state index contributed by atoms with van der Waals surface area (Å²) in [6.45, 7) is 9.93. The Morgan fingerprint density at radius 3 is 1.53 bits per heavy atom. The van der Waals surface area contributed by atoms with Crippen molar-refractivity contribution < 1.29 is 43.3 Å². The summed E-state index contributed by atoms with van der Waals surface area (Å²) in [5, 5.41) is 12.3. The normalized spacial score (nSPS) is 17.2. The molecule has 0 aromatic heterocycles. The molecule has 296 valence electrons. The van der Waals surface area contributed by atoms with Gasteiger partial charge in [-0.05, 0) is 79.2 Å². The van der Waals surface area contributed by atoms with Crippen LogP contribution in [0, 0.1) is 0 Å². The summed E-state index contributed by atoms with van der Waals surface area (Å²) in [5.41, 5.74) is 3.12. The van der Waals surface area contributed by atoms with Gasteiger partial charge >= 0.3 is 6.75 Å². The molecular formula is C40H55BN6O8. The number of rotatable bonds is 16. The average molecular weight is 759 g/mol. The summed E-state index contributed by atoms with van der Waals surface area (Å²) in [7, 11) is 1.57. The first-order valence-electron chi connectivity index (χ1n) is 18.3. The van der Waals surface area contributed by atoms with Crippen molar-refractivity contribution in [3.63, 3.8) is 0 Å². The molecule has 14 nitrogen and oxygen atoms in total. The smallest absolute Gasteiger partial charge is 0.410 e. The number of hydrogen-bond donors (Lipinski definition) is 6. The first-order valence-corrected chi connectivity index (χ1v) is 18.3. The minimum atomic E-state index is -2.43. The minimum absolute atomic E-state index is 0.338. The third kappa shape index (κ3) is 10.2. The molecule has 2 atom stereocenters. The molecule has 1 fully saturated rings. The fourth-order valence-corrected chi connectivity index (χ4v) is 6.14. The Bertz CT molecular complexity index is 1820. The van der Waals surface area contributed by atoms with Crippen LogP contribution in [-0.4, -0.2) is 72.1 Å². The maximum atomic E-state index is 13.8. The van der Waals surface area contributed by atoms with Gasteiger partial charge in [-0.3, -0.25) is 24.0 Å². The van der Waals surface area contributed by atoms with Gasteiger partial charge in [-0.15, -0.1) is 5.46 Å². The van der Waals surface area contributed by atoms with E-state index in [1.165, 1.54) is 41.5 Å². The van der Waals surface area contributed by atoms with Gasteiger partial charge in [0.05, 0.1) is 25.3 Å². The molecule has 55 heavy (non-hydrogen) atoms. The lowest BCUT2D eigenvalue weighted by Crippen LogP contribution is -2.97. The highest BCUT2D eigenvalue weighted by Gasteiger charge is 2.47. The summed E-state index contributed by atoms with van der Waals surface area (Å²) in [6, 6.07) is 27.4. The highest BCUT2D eigenvalue weighted by Crippen LogP contribution is 2.45. The fraction of sp³-hybridized carbons (Fsp3) is 0.425. The highest BCUT2D eigenvalue weighted by molar-refractivity contribution is 6.76. The number of hydrogen-bond acceptors (Lipinski definition) is 8. The quantitative estimate of drug-likeness (QED) is 0.117. The molecule has 0 saturated carbocycles. The molecule has 3 aromatic rings. The molecule has 1 heterocycles. The van der Waals surface area contributed by atoms with Gasteiger partial charge in [-0.1, -0.05) is 84.9 Å². The van der Waals surface area contributed by atoms with E-state index < -0.39 is 77.2 Å². The molecule has 1 saturated heterocycles. The van der Waals surface area contributed by atoms with Crippen LogP contribution in [0.15, 0.2) is 84.9 Å². The first-order chi connectivity index (χ1) is 25.6. The molecule has 5 amide bonds. The zero-order valence-corrected chi connectivity index (χ0v) is 33.1. The van der Waals surface area contributed by atoms with E-state index in [0.29, 0.717) is 12.0 Å². The summed E-state index contributed by atoms with van der Waals surface area (Å²) < 4.78 is 19.7. The number of primary amides is 1. The Morgan fingerprint density at radius 1 is 0.655 bits per heavy atom. The Kier molecular flexibility index (Phi) is 13.0. The van der Waals surface area contributed by atoms with E-state index in [4.69, 9.17) is 19.7 Å². The van der Waals surface area contributed by atoms with Crippen molar-refractivity contribution in [3.05, 3.63) is 102 Å². The van der Waals surface area contributed by atoms with Gasteiger partial charge < -0.3 is 46.3 Å². The molecule has 8 N–H and O–H groups in total. The lowest BCUT2D eigenvalue weighted by Gasteiger charge is -2.37. The molecule has 1 aliphatic rings. The molecule has 4 rings (SSSR count). The van der Waals surface area contributed by atoms with Gasteiger partial charge in [0.1, 0.15) is 16.6 Å². The van der Waals surface area contributed by atoms with E-state index >= 15 is 0 Å². The number of nitrogens with one attached hydrogen (secondary N) is 4. The average Bonchev–Trinajstić information content (AvgIpc) is 3.54.